The van der Waals surface area contributed by atoms with Crippen molar-refractivity contribution in [2.75, 3.05) is 12.4 Å². The molecule has 0 aliphatic heterocycles. The summed E-state index contributed by atoms with van der Waals surface area (Å²) in [6, 6.07) is 19.0. The molecule has 0 aliphatic carbocycles. The van der Waals surface area contributed by atoms with Crippen molar-refractivity contribution in [2.24, 2.45) is 0 Å². The Kier molecular flexibility index (Phi) is 5.71. The number of ether oxygens (including phenoxy) is 2. The standard InChI is InChI=1S/C21H15N3O5/c1-28-19-5-3-2-4-17(19)21(25)23-15-7-9-16(10-8-15)29-20-11-6-14(13-22)12-18(20)24(26)27/h2-12H,1H3,(H,23,25). The van der Waals surface area contributed by atoms with Gasteiger partial charge in [0.2, 0.25) is 5.75 Å². The minimum absolute atomic E-state index is 0.0137. The molecule has 0 heterocycles. The highest BCUT2D eigenvalue weighted by Gasteiger charge is 2.17. The number of rotatable bonds is 6. The van der Waals surface area contributed by atoms with E-state index < -0.39 is 4.92 Å². The van der Waals surface area contributed by atoms with Gasteiger partial charge in [-0.1, -0.05) is 12.1 Å². The summed E-state index contributed by atoms with van der Waals surface area (Å²) in [5.74, 6) is 0.477. The molecule has 0 saturated heterocycles. The Balaban J connectivity index is 1.75. The van der Waals surface area contributed by atoms with E-state index in [2.05, 4.69) is 5.32 Å². The van der Waals surface area contributed by atoms with Crippen molar-refractivity contribution in [2.45, 2.75) is 0 Å². The van der Waals surface area contributed by atoms with Crippen molar-refractivity contribution in [1.29, 1.82) is 5.26 Å². The molecule has 0 atom stereocenters. The van der Waals surface area contributed by atoms with Crippen molar-refractivity contribution in [1.82, 2.24) is 0 Å². The lowest BCUT2D eigenvalue weighted by molar-refractivity contribution is -0.385. The lowest BCUT2D eigenvalue weighted by Gasteiger charge is -2.10. The first-order chi connectivity index (χ1) is 14.0. The molecule has 144 valence electrons. The predicted octanol–water partition coefficient (Wildman–Crippen LogP) is 4.52. The number of benzene rings is 3. The molecule has 8 nitrogen and oxygen atoms in total. The van der Waals surface area contributed by atoms with Gasteiger partial charge >= 0.3 is 5.69 Å². The maximum absolute atomic E-state index is 12.4. The molecule has 29 heavy (non-hydrogen) atoms. The van der Waals surface area contributed by atoms with Crippen LogP contribution in [-0.4, -0.2) is 17.9 Å². The minimum Gasteiger partial charge on any atom is -0.496 e. The van der Waals surface area contributed by atoms with E-state index in [1.165, 1.54) is 19.2 Å². The molecule has 1 N–H and O–H groups in total. The smallest absolute Gasteiger partial charge is 0.312 e. The number of nitriles is 1. The number of para-hydroxylation sites is 1. The topological polar surface area (TPSA) is 114 Å². The number of hydrogen-bond acceptors (Lipinski definition) is 6. The van der Waals surface area contributed by atoms with Crippen LogP contribution in [0.2, 0.25) is 0 Å². The van der Waals surface area contributed by atoms with Crippen molar-refractivity contribution >= 4 is 17.3 Å². The van der Waals surface area contributed by atoms with E-state index in [0.717, 1.165) is 6.07 Å². The Bertz CT molecular complexity index is 1100. The molecule has 8 heteroatoms. The molecular weight excluding hydrogens is 374 g/mol. The second kappa shape index (κ2) is 8.54. The van der Waals surface area contributed by atoms with Gasteiger partial charge < -0.3 is 14.8 Å². The van der Waals surface area contributed by atoms with Gasteiger partial charge in [-0.2, -0.15) is 5.26 Å². The zero-order chi connectivity index (χ0) is 20.8. The third-order valence-corrected chi connectivity index (χ3v) is 3.98. The van der Waals surface area contributed by atoms with E-state index in [0.29, 0.717) is 22.7 Å². The monoisotopic (exact) mass is 389 g/mol. The van der Waals surface area contributed by atoms with E-state index in [4.69, 9.17) is 14.7 Å². The van der Waals surface area contributed by atoms with Gasteiger partial charge in [0.05, 0.1) is 29.2 Å². The molecule has 1 amide bonds. The fraction of sp³-hybridized carbons (Fsp3) is 0.0476. The largest absolute Gasteiger partial charge is 0.496 e. The Morgan fingerprint density at radius 3 is 2.45 bits per heavy atom. The highest BCUT2D eigenvalue weighted by Crippen LogP contribution is 2.32. The van der Waals surface area contributed by atoms with Crippen LogP contribution in [0.5, 0.6) is 17.2 Å². The first kappa shape index (κ1) is 19.4. The SMILES string of the molecule is COc1ccccc1C(=O)Nc1ccc(Oc2ccc(C#N)cc2[N+](=O)[O-])cc1. The fourth-order valence-electron chi connectivity index (χ4n) is 2.58. The number of methoxy groups -OCH3 is 1. The van der Waals surface area contributed by atoms with Crippen LogP contribution >= 0.6 is 0 Å². The maximum atomic E-state index is 12.4. The minimum atomic E-state index is -0.613. The lowest BCUT2D eigenvalue weighted by atomic mass is 10.2. The molecule has 0 fully saturated rings. The Hall–Kier alpha value is -4.38. The Labute approximate surface area is 166 Å². The van der Waals surface area contributed by atoms with Gasteiger partial charge in [-0.15, -0.1) is 0 Å². The first-order valence-electron chi connectivity index (χ1n) is 8.42. The normalized spacial score (nSPS) is 9.93. The van der Waals surface area contributed by atoms with Crippen LogP contribution in [0.25, 0.3) is 0 Å². The van der Waals surface area contributed by atoms with Crippen LogP contribution in [0.1, 0.15) is 15.9 Å². The summed E-state index contributed by atoms with van der Waals surface area (Å²) in [4.78, 5) is 23.0. The van der Waals surface area contributed by atoms with Crippen molar-refractivity contribution in [3.8, 4) is 23.3 Å². The van der Waals surface area contributed by atoms with Crippen LogP contribution in [0.3, 0.4) is 0 Å². The van der Waals surface area contributed by atoms with Gasteiger partial charge in [-0.3, -0.25) is 14.9 Å². The van der Waals surface area contributed by atoms with Gasteiger partial charge in [0.1, 0.15) is 11.5 Å². The number of amides is 1. The number of nitrogens with zero attached hydrogens (tertiary/aromatic N) is 2. The van der Waals surface area contributed by atoms with Gasteiger partial charge in [0.15, 0.2) is 0 Å². The fourth-order valence-corrected chi connectivity index (χ4v) is 2.58. The van der Waals surface area contributed by atoms with Crippen LogP contribution in [-0.2, 0) is 0 Å². The lowest BCUT2D eigenvalue weighted by Crippen LogP contribution is -2.12. The highest BCUT2D eigenvalue weighted by molar-refractivity contribution is 6.06. The van der Waals surface area contributed by atoms with E-state index in [1.54, 1.807) is 48.5 Å². The van der Waals surface area contributed by atoms with Gasteiger partial charge in [-0.25, -0.2) is 0 Å². The predicted molar refractivity (Wildman–Crippen MR) is 105 cm³/mol. The summed E-state index contributed by atoms with van der Waals surface area (Å²) < 4.78 is 10.7. The molecule has 0 unspecified atom stereocenters. The van der Waals surface area contributed by atoms with Gasteiger partial charge in [0.25, 0.3) is 5.91 Å². The van der Waals surface area contributed by atoms with Crippen LogP contribution in [0.15, 0.2) is 66.7 Å². The molecule has 3 rings (SSSR count). The number of carbonyl (C=O) groups is 1. The summed E-state index contributed by atoms with van der Waals surface area (Å²) in [7, 11) is 1.49. The van der Waals surface area contributed by atoms with E-state index in [-0.39, 0.29) is 22.9 Å². The zero-order valence-electron chi connectivity index (χ0n) is 15.3. The average molecular weight is 389 g/mol. The Morgan fingerprint density at radius 2 is 1.79 bits per heavy atom. The van der Waals surface area contributed by atoms with Crippen molar-refractivity contribution in [3.63, 3.8) is 0 Å². The maximum Gasteiger partial charge on any atom is 0.312 e. The molecular formula is C21H15N3O5. The zero-order valence-corrected chi connectivity index (χ0v) is 15.3. The molecule has 3 aromatic rings. The molecule has 0 aliphatic rings. The Morgan fingerprint density at radius 1 is 1.07 bits per heavy atom. The molecule has 3 aromatic carbocycles. The molecule has 0 aromatic heterocycles. The average Bonchev–Trinajstić information content (AvgIpc) is 2.75. The van der Waals surface area contributed by atoms with E-state index in [1.807, 2.05) is 6.07 Å². The number of hydrogen-bond donors (Lipinski definition) is 1. The molecule has 0 bridgehead atoms. The second-order valence-electron chi connectivity index (χ2n) is 5.83. The third kappa shape index (κ3) is 4.48. The summed E-state index contributed by atoms with van der Waals surface area (Å²) in [5, 5.41) is 22.8. The quantitative estimate of drug-likeness (QED) is 0.490. The number of carbonyl (C=O) groups excluding carboxylic acids is 1. The second-order valence-corrected chi connectivity index (χ2v) is 5.83. The molecule has 0 spiro atoms. The summed E-state index contributed by atoms with van der Waals surface area (Å²) >= 11 is 0. The molecule has 0 radical (unpaired) electrons. The number of nitro groups is 1. The van der Waals surface area contributed by atoms with Crippen LogP contribution in [0.4, 0.5) is 11.4 Å². The molecule has 0 saturated carbocycles. The highest BCUT2D eigenvalue weighted by atomic mass is 16.6. The first-order valence-corrected chi connectivity index (χ1v) is 8.42. The number of nitrogens with one attached hydrogen (secondary N) is 1. The third-order valence-electron chi connectivity index (χ3n) is 3.98. The van der Waals surface area contributed by atoms with Crippen LogP contribution in [0, 0.1) is 21.4 Å². The van der Waals surface area contributed by atoms with E-state index in [9.17, 15) is 14.9 Å². The number of nitro benzene ring substituents is 1. The number of anilines is 1. The summed E-state index contributed by atoms with van der Waals surface area (Å²) in [6.07, 6.45) is 0. The van der Waals surface area contributed by atoms with Crippen molar-refractivity contribution in [3.05, 3.63) is 88.0 Å². The van der Waals surface area contributed by atoms with Gasteiger partial charge in [0, 0.05) is 11.8 Å². The summed E-state index contributed by atoms with van der Waals surface area (Å²) in [5.41, 5.74) is 0.766. The van der Waals surface area contributed by atoms with Crippen molar-refractivity contribution < 1.29 is 19.2 Å². The van der Waals surface area contributed by atoms with Gasteiger partial charge in [-0.05, 0) is 48.5 Å². The van der Waals surface area contributed by atoms with E-state index >= 15 is 0 Å². The van der Waals surface area contributed by atoms with Crippen LogP contribution < -0.4 is 14.8 Å². The summed E-state index contributed by atoms with van der Waals surface area (Å²) in [6.45, 7) is 0.